The first-order valence-corrected chi connectivity index (χ1v) is 8.00. The Hall–Kier alpha value is -1.67. The van der Waals surface area contributed by atoms with Crippen LogP contribution in [-0.4, -0.2) is 27.4 Å². The number of sulfonamides is 1. The monoisotopic (exact) mass is 317 g/mol. The zero-order valence-electron chi connectivity index (χ0n) is 12.3. The highest BCUT2D eigenvalue weighted by Gasteiger charge is 2.22. The van der Waals surface area contributed by atoms with Crippen molar-refractivity contribution in [3.8, 4) is 0 Å². The first kappa shape index (κ1) is 17.4. The molecule has 6 nitrogen and oxygen atoms in total. The van der Waals surface area contributed by atoms with Gasteiger partial charge in [0.15, 0.2) is 0 Å². The van der Waals surface area contributed by atoms with Gasteiger partial charge in [0.25, 0.3) is 0 Å². The van der Waals surface area contributed by atoms with Crippen molar-refractivity contribution < 1.29 is 17.6 Å². The number of benzene rings is 1. The Labute approximate surface area is 124 Å². The molecular weight excluding hydrogens is 297 g/mol. The maximum atomic E-state index is 13.5. The normalized spacial score (nSPS) is 11.4. The molecule has 0 aromatic heterocycles. The molecule has 1 amide bonds. The maximum absolute atomic E-state index is 13.5. The minimum Gasteiger partial charge on any atom is -0.396 e. The lowest BCUT2D eigenvalue weighted by atomic mass is 10.1. The second-order valence-corrected chi connectivity index (χ2v) is 6.35. The van der Waals surface area contributed by atoms with E-state index in [0.29, 0.717) is 6.54 Å². The molecule has 0 fully saturated rings. The van der Waals surface area contributed by atoms with Crippen molar-refractivity contribution in [3.05, 3.63) is 23.0 Å². The third kappa shape index (κ3) is 4.15. The molecule has 0 saturated heterocycles. The Morgan fingerprint density at radius 2 is 2.00 bits per heavy atom. The number of halogens is 1. The summed E-state index contributed by atoms with van der Waals surface area (Å²) in [5.41, 5.74) is 5.78. The highest BCUT2D eigenvalue weighted by molar-refractivity contribution is 7.89. The standard InChI is InChI=1S/C13H20FN3O3S/c1-4-16-11(18)5-6-17-21(19,20)13-8(2)7-10(14)12(15)9(13)3/h7,17H,4-6,15H2,1-3H3,(H,16,18). The smallest absolute Gasteiger partial charge is 0.241 e. The fourth-order valence-corrected chi connectivity index (χ4v) is 3.51. The zero-order chi connectivity index (χ0) is 16.2. The summed E-state index contributed by atoms with van der Waals surface area (Å²) in [4.78, 5) is 11.2. The molecule has 0 spiro atoms. The molecule has 4 N–H and O–H groups in total. The molecule has 118 valence electrons. The van der Waals surface area contributed by atoms with E-state index >= 15 is 0 Å². The molecule has 0 saturated carbocycles. The number of carbonyl (C=O) groups is 1. The van der Waals surface area contributed by atoms with Crippen LogP contribution in [0.3, 0.4) is 0 Å². The van der Waals surface area contributed by atoms with Crippen molar-refractivity contribution in [2.45, 2.75) is 32.1 Å². The number of carbonyl (C=O) groups excluding carboxylic acids is 1. The quantitative estimate of drug-likeness (QED) is 0.676. The molecule has 0 aliphatic rings. The Bertz CT molecular complexity index is 645. The number of nitrogens with one attached hydrogen (secondary N) is 2. The SMILES string of the molecule is CCNC(=O)CCNS(=O)(=O)c1c(C)cc(F)c(N)c1C. The highest BCUT2D eigenvalue weighted by atomic mass is 32.2. The van der Waals surface area contributed by atoms with E-state index in [-0.39, 0.29) is 40.6 Å². The largest absolute Gasteiger partial charge is 0.396 e. The average Bonchev–Trinajstić information content (AvgIpc) is 2.35. The summed E-state index contributed by atoms with van der Waals surface area (Å²) < 4.78 is 40.3. The van der Waals surface area contributed by atoms with Crippen molar-refractivity contribution in [2.24, 2.45) is 0 Å². The van der Waals surface area contributed by atoms with E-state index < -0.39 is 15.8 Å². The van der Waals surface area contributed by atoms with Crippen molar-refractivity contribution in [2.75, 3.05) is 18.8 Å². The van der Waals surface area contributed by atoms with Gasteiger partial charge in [-0.25, -0.2) is 17.5 Å². The highest BCUT2D eigenvalue weighted by Crippen LogP contribution is 2.27. The number of aryl methyl sites for hydroxylation is 1. The molecular formula is C13H20FN3O3S. The molecule has 1 aromatic carbocycles. The lowest BCUT2D eigenvalue weighted by molar-refractivity contribution is -0.120. The third-order valence-electron chi connectivity index (χ3n) is 2.99. The minimum atomic E-state index is -3.85. The summed E-state index contributed by atoms with van der Waals surface area (Å²) in [6.45, 7) is 5.16. The molecule has 0 heterocycles. The summed E-state index contributed by atoms with van der Waals surface area (Å²) in [5.74, 6) is -0.890. The van der Waals surface area contributed by atoms with Crippen LogP contribution in [0.5, 0.6) is 0 Å². The van der Waals surface area contributed by atoms with Crippen molar-refractivity contribution >= 4 is 21.6 Å². The summed E-state index contributed by atoms with van der Waals surface area (Å²) in [5, 5.41) is 2.57. The molecule has 1 aromatic rings. The number of hydrogen-bond acceptors (Lipinski definition) is 4. The fraction of sp³-hybridized carbons (Fsp3) is 0.462. The fourth-order valence-electron chi connectivity index (χ4n) is 2.00. The predicted molar refractivity (Wildman–Crippen MR) is 78.8 cm³/mol. The van der Waals surface area contributed by atoms with E-state index in [4.69, 9.17) is 5.73 Å². The number of hydrogen-bond donors (Lipinski definition) is 3. The number of nitrogen functional groups attached to an aromatic ring is 1. The predicted octanol–water partition coefficient (Wildman–Crippen LogP) is 0.829. The zero-order valence-corrected chi connectivity index (χ0v) is 13.1. The van der Waals surface area contributed by atoms with E-state index in [1.807, 2.05) is 0 Å². The summed E-state index contributed by atoms with van der Waals surface area (Å²) in [7, 11) is -3.85. The maximum Gasteiger partial charge on any atom is 0.241 e. The van der Waals surface area contributed by atoms with Crippen molar-refractivity contribution in [1.29, 1.82) is 0 Å². The molecule has 0 atom stereocenters. The molecule has 8 heteroatoms. The van der Waals surface area contributed by atoms with Gasteiger partial charge >= 0.3 is 0 Å². The van der Waals surface area contributed by atoms with Crippen LogP contribution >= 0.6 is 0 Å². The Kier molecular flexibility index (Phi) is 5.68. The Morgan fingerprint density at radius 1 is 1.38 bits per heavy atom. The summed E-state index contributed by atoms with van der Waals surface area (Å²) >= 11 is 0. The van der Waals surface area contributed by atoms with Gasteiger partial charge in [-0.2, -0.15) is 0 Å². The van der Waals surface area contributed by atoms with E-state index in [9.17, 15) is 17.6 Å². The second kappa shape index (κ2) is 6.86. The van der Waals surface area contributed by atoms with Gasteiger partial charge in [0, 0.05) is 19.5 Å². The van der Waals surface area contributed by atoms with Gasteiger partial charge in [0.05, 0.1) is 10.6 Å². The first-order valence-electron chi connectivity index (χ1n) is 6.52. The van der Waals surface area contributed by atoms with Crippen LogP contribution in [0, 0.1) is 19.7 Å². The molecule has 0 bridgehead atoms. The van der Waals surface area contributed by atoms with Gasteiger partial charge in [0.1, 0.15) is 5.82 Å². The van der Waals surface area contributed by atoms with Gasteiger partial charge < -0.3 is 11.1 Å². The van der Waals surface area contributed by atoms with E-state index in [1.165, 1.54) is 13.8 Å². The number of nitrogens with two attached hydrogens (primary N) is 1. The van der Waals surface area contributed by atoms with Gasteiger partial charge in [-0.1, -0.05) is 0 Å². The molecule has 21 heavy (non-hydrogen) atoms. The van der Waals surface area contributed by atoms with E-state index in [1.54, 1.807) is 6.92 Å². The van der Waals surface area contributed by atoms with E-state index in [2.05, 4.69) is 10.0 Å². The van der Waals surface area contributed by atoms with Crippen molar-refractivity contribution in [3.63, 3.8) is 0 Å². The number of anilines is 1. The van der Waals surface area contributed by atoms with Crippen LogP contribution in [0.4, 0.5) is 10.1 Å². The van der Waals surface area contributed by atoms with Crippen molar-refractivity contribution in [1.82, 2.24) is 10.0 Å². The molecule has 0 aliphatic carbocycles. The number of rotatable bonds is 6. The lowest BCUT2D eigenvalue weighted by Gasteiger charge is -2.14. The third-order valence-corrected chi connectivity index (χ3v) is 4.74. The molecule has 0 radical (unpaired) electrons. The Morgan fingerprint density at radius 3 is 2.57 bits per heavy atom. The molecule has 0 unspecified atom stereocenters. The lowest BCUT2D eigenvalue weighted by Crippen LogP contribution is -2.31. The topological polar surface area (TPSA) is 101 Å². The van der Waals surface area contributed by atoms with Gasteiger partial charge in [0.2, 0.25) is 15.9 Å². The van der Waals surface area contributed by atoms with E-state index in [0.717, 1.165) is 6.07 Å². The Balaban J connectivity index is 2.94. The molecule has 0 aliphatic heterocycles. The first-order chi connectivity index (χ1) is 9.70. The molecule has 1 rings (SSSR count). The van der Waals surface area contributed by atoms with Gasteiger partial charge in [-0.05, 0) is 38.0 Å². The van der Waals surface area contributed by atoms with Crippen LogP contribution < -0.4 is 15.8 Å². The average molecular weight is 317 g/mol. The summed E-state index contributed by atoms with van der Waals surface area (Å²) in [6.07, 6.45) is 0.0296. The van der Waals surface area contributed by atoms with Crippen LogP contribution in [0.25, 0.3) is 0 Å². The summed E-state index contributed by atoms with van der Waals surface area (Å²) in [6, 6.07) is 1.08. The van der Waals surface area contributed by atoms with Crippen LogP contribution in [0.15, 0.2) is 11.0 Å². The van der Waals surface area contributed by atoms with Crippen LogP contribution in [0.2, 0.25) is 0 Å². The minimum absolute atomic E-state index is 0.0296. The second-order valence-electron chi connectivity index (χ2n) is 4.64. The van der Waals surface area contributed by atoms with Gasteiger partial charge in [-0.15, -0.1) is 0 Å². The van der Waals surface area contributed by atoms with Crippen LogP contribution in [-0.2, 0) is 14.8 Å². The van der Waals surface area contributed by atoms with Crippen LogP contribution in [0.1, 0.15) is 24.5 Å². The van der Waals surface area contributed by atoms with Gasteiger partial charge in [-0.3, -0.25) is 4.79 Å². The number of amides is 1.